The van der Waals surface area contributed by atoms with E-state index in [1.54, 1.807) is 12.4 Å². The Morgan fingerprint density at radius 2 is 2.03 bits per heavy atom. The monoisotopic (exact) mass is 451 g/mol. The molecular weight excluding hydrogens is 432 g/mol. The van der Waals surface area contributed by atoms with Gasteiger partial charge in [0.1, 0.15) is 13.0 Å². The molecule has 0 unspecified atom stereocenters. The maximum Gasteiger partial charge on any atom is 0.347 e. The minimum Gasteiger partial charge on any atom is -0.618 e. The Hall–Kier alpha value is -4.28. The van der Waals surface area contributed by atoms with Crippen molar-refractivity contribution in [3.63, 3.8) is 0 Å². The summed E-state index contributed by atoms with van der Waals surface area (Å²) in [6.45, 7) is -0.335. The summed E-state index contributed by atoms with van der Waals surface area (Å²) in [7, 11) is 0. The first kappa shape index (κ1) is 20.6. The third-order valence-corrected chi connectivity index (χ3v) is 5.18. The van der Waals surface area contributed by atoms with Gasteiger partial charge in [-0.25, -0.2) is 9.97 Å². The van der Waals surface area contributed by atoms with Crippen LogP contribution < -0.4 is 20.5 Å². The number of hydrogen-bond donors (Lipinski definition) is 2. The second-order valence-electron chi connectivity index (χ2n) is 7.40. The summed E-state index contributed by atoms with van der Waals surface area (Å²) in [4.78, 5) is 12.8. The van der Waals surface area contributed by atoms with E-state index in [0.717, 1.165) is 23.5 Å². The van der Waals surface area contributed by atoms with Crippen LogP contribution in [0.15, 0.2) is 70.3 Å². The number of hydrazine groups is 1. The van der Waals surface area contributed by atoms with Crippen molar-refractivity contribution in [1.82, 2.24) is 15.4 Å². The molecule has 0 saturated carbocycles. The number of hydrogen-bond acceptors (Lipinski definition) is 8. The van der Waals surface area contributed by atoms with Crippen LogP contribution in [0.25, 0.3) is 11.1 Å². The van der Waals surface area contributed by atoms with Crippen molar-refractivity contribution in [3.05, 3.63) is 83.3 Å². The highest BCUT2D eigenvalue weighted by molar-refractivity contribution is 5.84. The molecule has 1 aliphatic heterocycles. The highest BCUT2D eigenvalue weighted by Gasteiger charge is 2.39. The first-order valence-electron chi connectivity index (χ1n) is 10.2. The van der Waals surface area contributed by atoms with Crippen molar-refractivity contribution in [2.45, 2.75) is 12.3 Å². The second-order valence-corrected chi connectivity index (χ2v) is 7.40. The molecule has 5 rings (SSSR count). The van der Waals surface area contributed by atoms with Gasteiger partial charge in [-0.3, -0.25) is 15.4 Å². The molecule has 33 heavy (non-hydrogen) atoms. The lowest BCUT2D eigenvalue weighted by Crippen LogP contribution is -2.40. The number of fused-ring (bicyclic) bond motifs is 1. The largest absolute Gasteiger partial charge is 0.618 e. The molecule has 0 radical (unpaired) electrons. The molecular formula is C22H19F2N7O2. The molecule has 0 aliphatic carbocycles. The van der Waals surface area contributed by atoms with Crippen LogP contribution in [-0.2, 0) is 12.3 Å². The first-order chi connectivity index (χ1) is 16.0. The van der Waals surface area contributed by atoms with Gasteiger partial charge in [0.15, 0.2) is 29.0 Å². The Labute approximate surface area is 187 Å². The molecule has 0 amide bonds. The van der Waals surface area contributed by atoms with E-state index in [9.17, 15) is 14.0 Å². The lowest BCUT2D eigenvalue weighted by Gasteiger charge is -2.19. The fourth-order valence-corrected chi connectivity index (χ4v) is 3.61. The molecule has 3 aromatic heterocycles. The van der Waals surface area contributed by atoms with Crippen molar-refractivity contribution in [1.29, 1.82) is 0 Å². The fraction of sp³-hybridized carbons (Fsp3) is 0.182. The predicted molar refractivity (Wildman–Crippen MR) is 118 cm³/mol. The molecule has 1 aromatic carbocycles. The lowest BCUT2D eigenvalue weighted by molar-refractivity contribution is -0.624. The summed E-state index contributed by atoms with van der Waals surface area (Å²) in [5, 5.41) is 16.2. The van der Waals surface area contributed by atoms with Crippen molar-refractivity contribution >= 4 is 28.9 Å². The van der Waals surface area contributed by atoms with Gasteiger partial charge < -0.3 is 14.9 Å². The van der Waals surface area contributed by atoms with E-state index in [1.807, 2.05) is 29.3 Å². The molecule has 2 N–H and O–H groups in total. The average Bonchev–Trinajstić information content (AvgIpc) is 3.48. The van der Waals surface area contributed by atoms with Gasteiger partial charge in [0.05, 0.1) is 18.7 Å². The highest BCUT2D eigenvalue weighted by atomic mass is 19.3. The lowest BCUT2D eigenvalue weighted by atomic mass is 10.1. The quantitative estimate of drug-likeness (QED) is 0.329. The number of halogens is 2. The number of benzene rings is 1. The maximum absolute atomic E-state index is 14.6. The smallest absolute Gasteiger partial charge is 0.347 e. The van der Waals surface area contributed by atoms with Crippen LogP contribution >= 0.6 is 0 Å². The minimum atomic E-state index is -3.41. The molecule has 0 spiro atoms. The van der Waals surface area contributed by atoms with Crippen LogP contribution in [0, 0.1) is 5.21 Å². The predicted octanol–water partition coefficient (Wildman–Crippen LogP) is 2.96. The zero-order valence-electron chi connectivity index (χ0n) is 17.3. The van der Waals surface area contributed by atoms with Gasteiger partial charge in [-0.1, -0.05) is 18.2 Å². The van der Waals surface area contributed by atoms with E-state index in [2.05, 4.69) is 25.7 Å². The van der Waals surface area contributed by atoms with Crippen molar-refractivity contribution in [2.24, 2.45) is 4.99 Å². The number of nitrogens with zero attached hydrogens (tertiary/aromatic N) is 5. The van der Waals surface area contributed by atoms with Crippen LogP contribution in [0.2, 0.25) is 0 Å². The Bertz CT molecular complexity index is 1320. The molecule has 9 nitrogen and oxygen atoms in total. The van der Waals surface area contributed by atoms with Crippen molar-refractivity contribution in [2.75, 3.05) is 23.5 Å². The second kappa shape index (κ2) is 8.34. The van der Waals surface area contributed by atoms with Gasteiger partial charge in [-0.05, 0) is 17.7 Å². The third-order valence-electron chi connectivity index (χ3n) is 5.18. The van der Waals surface area contributed by atoms with E-state index in [0.29, 0.717) is 30.1 Å². The van der Waals surface area contributed by atoms with Crippen molar-refractivity contribution < 1.29 is 17.9 Å². The van der Waals surface area contributed by atoms with Crippen LogP contribution in [-0.4, -0.2) is 29.5 Å². The van der Waals surface area contributed by atoms with Crippen molar-refractivity contribution in [3.8, 4) is 0 Å². The summed E-state index contributed by atoms with van der Waals surface area (Å²) >= 11 is 0. The summed E-state index contributed by atoms with van der Waals surface area (Å²) in [5.41, 5.74) is 5.06. The number of aliphatic imine (C=N–C) groups is 1. The summed E-state index contributed by atoms with van der Waals surface area (Å²) < 4.78 is 35.2. The number of para-hydroxylation sites is 1. The van der Waals surface area contributed by atoms with Crippen LogP contribution in [0.3, 0.4) is 0 Å². The van der Waals surface area contributed by atoms with E-state index in [1.165, 1.54) is 18.3 Å². The SMILES string of the molecule is [O-][n+]1ccccc1C(F)(F)CNc1nccc2oc(Cc3ccccc3N3CN=CN3)nc12. The molecule has 0 saturated heterocycles. The topological polar surface area (TPSA) is 106 Å². The Morgan fingerprint density at radius 3 is 2.85 bits per heavy atom. The van der Waals surface area contributed by atoms with E-state index in [-0.39, 0.29) is 10.5 Å². The van der Waals surface area contributed by atoms with Gasteiger partial charge in [0, 0.05) is 24.4 Å². The highest BCUT2D eigenvalue weighted by Crippen LogP contribution is 2.29. The Balaban J connectivity index is 1.38. The Kier molecular flexibility index (Phi) is 5.21. The first-order valence-corrected chi connectivity index (χ1v) is 10.2. The van der Waals surface area contributed by atoms with E-state index in [4.69, 9.17) is 4.42 Å². The molecule has 1 aliphatic rings. The Morgan fingerprint density at radius 1 is 1.18 bits per heavy atom. The summed E-state index contributed by atoms with van der Waals surface area (Å²) in [6, 6.07) is 13.3. The molecule has 168 valence electrons. The zero-order valence-corrected chi connectivity index (χ0v) is 17.3. The van der Waals surface area contributed by atoms with E-state index >= 15 is 0 Å². The van der Waals surface area contributed by atoms with Gasteiger partial charge in [0.2, 0.25) is 0 Å². The number of anilines is 2. The normalized spacial score (nSPS) is 13.5. The van der Waals surface area contributed by atoms with Gasteiger partial charge in [-0.2, -0.15) is 13.5 Å². The van der Waals surface area contributed by atoms with Gasteiger partial charge in [-0.15, -0.1) is 0 Å². The van der Waals surface area contributed by atoms with E-state index < -0.39 is 18.2 Å². The summed E-state index contributed by atoms with van der Waals surface area (Å²) in [6.07, 6.45) is 4.50. The third kappa shape index (κ3) is 4.12. The van der Waals surface area contributed by atoms with Crippen LogP contribution in [0.1, 0.15) is 17.1 Å². The van der Waals surface area contributed by atoms with Gasteiger partial charge in [0.25, 0.3) is 5.69 Å². The number of alkyl halides is 2. The molecule has 11 heteroatoms. The molecule has 0 atom stereocenters. The zero-order chi connectivity index (χ0) is 22.8. The number of nitrogens with one attached hydrogen (secondary N) is 2. The number of rotatable bonds is 7. The summed E-state index contributed by atoms with van der Waals surface area (Å²) in [5.74, 6) is -2.84. The van der Waals surface area contributed by atoms with Crippen LogP contribution in [0.5, 0.6) is 0 Å². The van der Waals surface area contributed by atoms with Crippen LogP contribution in [0.4, 0.5) is 20.3 Å². The molecule has 4 heterocycles. The minimum absolute atomic E-state index is 0.151. The molecule has 0 bridgehead atoms. The molecule has 4 aromatic rings. The molecule has 0 fully saturated rings. The standard InChI is InChI=1S/C22H19F2N7O2/c23-22(24,18-7-3-4-10-31(18)32)12-27-21-20-17(8-9-26-21)33-19(29-20)11-15-5-1-2-6-16(15)30-14-25-13-28-30/h1-10,13H,11-12,14H2,(H,25,28)(H,26,27). The maximum atomic E-state index is 14.6. The number of aromatic nitrogens is 3. The van der Waals surface area contributed by atoms with Gasteiger partial charge >= 0.3 is 5.92 Å². The average molecular weight is 451 g/mol. The number of pyridine rings is 2. The fourth-order valence-electron chi connectivity index (χ4n) is 3.61. The number of oxazole rings is 1.